The van der Waals surface area contributed by atoms with Crippen molar-refractivity contribution in [2.24, 2.45) is 0 Å². The van der Waals surface area contributed by atoms with E-state index in [1.54, 1.807) is 12.1 Å². The van der Waals surface area contributed by atoms with Gasteiger partial charge in [-0.05, 0) is 31.2 Å². The number of rotatable bonds is 4. The molecule has 3 aromatic rings. The molecule has 0 saturated heterocycles. The quantitative estimate of drug-likeness (QED) is 0.700. The van der Waals surface area contributed by atoms with Crippen molar-refractivity contribution in [2.45, 2.75) is 12.1 Å². The van der Waals surface area contributed by atoms with E-state index in [1.165, 1.54) is 4.90 Å². The van der Waals surface area contributed by atoms with E-state index >= 15 is 0 Å². The second kappa shape index (κ2) is 7.24. The summed E-state index contributed by atoms with van der Waals surface area (Å²) in [5, 5.41) is 11.1. The smallest absolute Gasteiger partial charge is 0.277 e. The van der Waals surface area contributed by atoms with E-state index in [1.807, 2.05) is 43.3 Å². The van der Waals surface area contributed by atoms with E-state index in [9.17, 15) is 9.59 Å². The average molecular weight is 380 g/mol. The normalized spacial score (nSPS) is 13.2. The van der Waals surface area contributed by atoms with Crippen molar-refractivity contribution in [3.05, 3.63) is 54.1 Å². The topological polar surface area (TPSA) is 88.3 Å². The van der Waals surface area contributed by atoms with E-state index in [0.717, 1.165) is 22.9 Å². The van der Waals surface area contributed by atoms with Crippen LogP contribution in [0.2, 0.25) is 0 Å². The van der Waals surface area contributed by atoms with Crippen LogP contribution >= 0.6 is 11.8 Å². The molecule has 0 atom stereocenters. The number of benzene rings is 2. The Hall–Kier alpha value is -3.13. The zero-order valence-electron chi connectivity index (χ0n) is 14.5. The van der Waals surface area contributed by atoms with Crippen molar-refractivity contribution >= 4 is 35.0 Å². The van der Waals surface area contributed by atoms with E-state index in [2.05, 4.69) is 15.5 Å². The van der Waals surface area contributed by atoms with Crippen LogP contribution in [0, 0.1) is 6.92 Å². The summed E-state index contributed by atoms with van der Waals surface area (Å²) < 4.78 is 5.64. The number of fused-ring (bicyclic) bond motifs is 1. The number of para-hydroxylation sites is 2. The van der Waals surface area contributed by atoms with Gasteiger partial charge in [-0.3, -0.25) is 9.59 Å². The first-order valence-corrected chi connectivity index (χ1v) is 9.31. The van der Waals surface area contributed by atoms with Gasteiger partial charge in [0.05, 0.1) is 17.1 Å². The summed E-state index contributed by atoms with van der Waals surface area (Å²) in [6.45, 7) is 1.98. The zero-order valence-corrected chi connectivity index (χ0v) is 15.3. The summed E-state index contributed by atoms with van der Waals surface area (Å²) in [6.07, 6.45) is 0. The van der Waals surface area contributed by atoms with Gasteiger partial charge < -0.3 is 14.6 Å². The van der Waals surface area contributed by atoms with Crippen molar-refractivity contribution in [3.63, 3.8) is 0 Å². The Morgan fingerprint density at radius 1 is 1.22 bits per heavy atom. The number of hydrogen-bond acceptors (Lipinski definition) is 6. The Kier molecular flexibility index (Phi) is 4.64. The van der Waals surface area contributed by atoms with Crippen molar-refractivity contribution in [1.29, 1.82) is 0 Å². The molecule has 27 heavy (non-hydrogen) atoms. The van der Waals surface area contributed by atoms with Crippen molar-refractivity contribution in [2.75, 3.05) is 22.5 Å². The third-order valence-corrected chi connectivity index (χ3v) is 4.87. The molecule has 0 spiro atoms. The van der Waals surface area contributed by atoms with Gasteiger partial charge in [0.1, 0.15) is 6.54 Å². The fourth-order valence-corrected chi connectivity index (χ4v) is 3.46. The molecule has 1 aliphatic heterocycles. The summed E-state index contributed by atoms with van der Waals surface area (Å²) in [4.78, 5) is 26.0. The van der Waals surface area contributed by atoms with Gasteiger partial charge in [-0.1, -0.05) is 41.6 Å². The van der Waals surface area contributed by atoms with Gasteiger partial charge in [-0.25, -0.2) is 0 Å². The maximum absolute atomic E-state index is 12.6. The van der Waals surface area contributed by atoms with Crippen molar-refractivity contribution in [1.82, 2.24) is 10.2 Å². The molecule has 4 rings (SSSR count). The number of carbonyl (C=O) groups is 2. The van der Waals surface area contributed by atoms with Gasteiger partial charge in [0.25, 0.3) is 5.22 Å². The third-order valence-electron chi connectivity index (χ3n) is 4.06. The Morgan fingerprint density at radius 2 is 2.07 bits per heavy atom. The molecular weight excluding hydrogens is 364 g/mol. The van der Waals surface area contributed by atoms with Gasteiger partial charge in [0.2, 0.25) is 17.7 Å². The minimum atomic E-state index is -0.216. The summed E-state index contributed by atoms with van der Waals surface area (Å²) >= 11 is 1.15. The SMILES string of the molecule is Cc1cccc(-c2nnc(SCC(=O)N3CC(=O)Nc4ccccc43)o2)c1. The summed E-state index contributed by atoms with van der Waals surface area (Å²) in [5.74, 6) is 0.0948. The van der Waals surface area contributed by atoms with Crippen molar-refractivity contribution in [3.8, 4) is 11.5 Å². The Labute approximate surface area is 159 Å². The number of nitrogens with one attached hydrogen (secondary N) is 1. The second-order valence-electron chi connectivity index (χ2n) is 6.08. The van der Waals surface area contributed by atoms with Gasteiger partial charge in [0, 0.05) is 5.56 Å². The number of nitrogens with zero attached hydrogens (tertiary/aromatic N) is 3. The summed E-state index contributed by atoms with van der Waals surface area (Å²) in [7, 11) is 0. The van der Waals surface area contributed by atoms with Crippen LogP contribution in [0.5, 0.6) is 0 Å². The molecule has 2 heterocycles. The van der Waals surface area contributed by atoms with Gasteiger partial charge in [-0.2, -0.15) is 0 Å². The molecule has 0 unspecified atom stereocenters. The molecule has 2 aromatic carbocycles. The molecule has 2 amide bonds. The van der Waals surface area contributed by atoms with Crippen LogP contribution in [0.4, 0.5) is 11.4 Å². The largest absolute Gasteiger partial charge is 0.411 e. The fraction of sp³-hybridized carbons (Fsp3) is 0.158. The molecule has 1 aliphatic rings. The van der Waals surface area contributed by atoms with Gasteiger partial charge in [0.15, 0.2) is 0 Å². The minimum absolute atomic E-state index is 0.00518. The average Bonchev–Trinajstić information content (AvgIpc) is 3.14. The number of anilines is 2. The fourth-order valence-electron chi connectivity index (χ4n) is 2.82. The number of thioether (sulfide) groups is 1. The molecular formula is C19H16N4O3S. The highest BCUT2D eigenvalue weighted by Crippen LogP contribution is 2.30. The zero-order chi connectivity index (χ0) is 18.8. The van der Waals surface area contributed by atoms with Crippen LogP contribution in [0.25, 0.3) is 11.5 Å². The van der Waals surface area contributed by atoms with Crippen LogP contribution in [-0.2, 0) is 9.59 Å². The van der Waals surface area contributed by atoms with E-state index in [-0.39, 0.29) is 24.1 Å². The maximum atomic E-state index is 12.6. The Bertz CT molecular complexity index is 1020. The van der Waals surface area contributed by atoms with E-state index in [0.29, 0.717) is 22.5 Å². The molecule has 0 saturated carbocycles. The van der Waals surface area contributed by atoms with Gasteiger partial charge >= 0.3 is 0 Å². The number of aryl methyl sites for hydroxylation is 1. The monoisotopic (exact) mass is 380 g/mol. The lowest BCUT2D eigenvalue weighted by Gasteiger charge is -2.28. The first kappa shape index (κ1) is 17.3. The number of amides is 2. The Morgan fingerprint density at radius 3 is 2.93 bits per heavy atom. The molecule has 0 bridgehead atoms. The van der Waals surface area contributed by atoms with Crippen LogP contribution in [0.15, 0.2) is 58.2 Å². The summed E-state index contributed by atoms with van der Waals surface area (Å²) in [6, 6.07) is 15.0. The maximum Gasteiger partial charge on any atom is 0.277 e. The van der Waals surface area contributed by atoms with Crippen LogP contribution < -0.4 is 10.2 Å². The number of aromatic nitrogens is 2. The van der Waals surface area contributed by atoms with Gasteiger partial charge in [-0.15, -0.1) is 10.2 Å². The molecule has 0 aliphatic carbocycles. The standard InChI is InChI=1S/C19H16N4O3S/c1-12-5-4-6-13(9-12)18-21-22-19(26-18)27-11-17(25)23-10-16(24)20-14-7-2-3-8-15(14)23/h2-9H,10-11H2,1H3,(H,20,24). The number of carbonyl (C=O) groups excluding carboxylic acids is 2. The lowest BCUT2D eigenvalue weighted by atomic mass is 10.1. The number of hydrogen-bond donors (Lipinski definition) is 1. The van der Waals surface area contributed by atoms with Crippen LogP contribution in [-0.4, -0.2) is 34.3 Å². The molecule has 1 N–H and O–H groups in total. The molecule has 8 heteroatoms. The molecule has 136 valence electrons. The molecule has 0 radical (unpaired) electrons. The van der Waals surface area contributed by atoms with E-state index < -0.39 is 0 Å². The first-order valence-electron chi connectivity index (χ1n) is 8.33. The first-order chi connectivity index (χ1) is 13.1. The van der Waals surface area contributed by atoms with Crippen LogP contribution in [0.3, 0.4) is 0 Å². The lowest BCUT2D eigenvalue weighted by Crippen LogP contribution is -2.43. The molecule has 7 nitrogen and oxygen atoms in total. The van der Waals surface area contributed by atoms with Crippen LogP contribution in [0.1, 0.15) is 5.56 Å². The highest BCUT2D eigenvalue weighted by atomic mass is 32.2. The highest BCUT2D eigenvalue weighted by molar-refractivity contribution is 7.99. The molecule has 1 aromatic heterocycles. The second-order valence-corrected chi connectivity index (χ2v) is 7.00. The van der Waals surface area contributed by atoms with E-state index in [4.69, 9.17) is 4.42 Å². The predicted molar refractivity (Wildman–Crippen MR) is 103 cm³/mol. The third kappa shape index (κ3) is 3.70. The van der Waals surface area contributed by atoms with Crippen molar-refractivity contribution < 1.29 is 14.0 Å². The Balaban J connectivity index is 1.45. The lowest BCUT2D eigenvalue weighted by molar-refractivity contribution is -0.120. The minimum Gasteiger partial charge on any atom is -0.411 e. The molecule has 0 fully saturated rings. The highest BCUT2D eigenvalue weighted by Gasteiger charge is 2.26. The predicted octanol–water partition coefficient (Wildman–Crippen LogP) is 3.12. The summed E-state index contributed by atoms with van der Waals surface area (Å²) in [5.41, 5.74) is 3.25.